The summed E-state index contributed by atoms with van der Waals surface area (Å²) < 4.78 is 27.4. The van der Waals surface area contributed by atoms with Crippen LogP contribution in [0.1, 0.15) is 66.7 Å². The summed E-state index contributed by atoms with van der Waals surface area (Å²) in [5.74, 6) is -0.839. The molecule has 0 radical (unpaired) electrons. The van der Waals surface area contributed by atoms with E-state index in [0.29, 0.717) is 12.3 Å². The monoisotopic (exact) mass is 397 g/mol. The van der Waals surface area contributed by atoms with Crippen LogP contribution in [-0.2, 0) is 14.8 Å². The number of hydrogen-bond acceptors (Lipinski definition) is 4. The van der Waals surface area contributed by atoms with E-state index < -0.39 is 27.4 Å². The Balaban J connectivity index is 1.98. The van der Waals surface area contributed by atoms with Crippen LogP contribution >= 0.6 is 0 Å². The zero-order valence-electron chi connectivity index (χ0n) is 17.4. The summed E-state index contributed by atoms with van der Waals surface area (Å²) in [6.07, 6.45) is 5.27. The fraction of sp³-hybridized carbons (Fsp3) is 0.857. The Morgan fingerprint density at radius 3 is 2.56 bits per heavy atom. The van der Waals surface area contributed by atoms with Crippen molar-refractivity contribution in [3.8, 4) is 0 Å². The van der Waals surface area contributed by atoms with E-state index in [1.54, 1.807) is 13.0 Å². The molecule has 1 spiro atoms. The fourth-order valence-electron chi connectivity index (χ4n) is 6.37. The molecule has 3 fully saturated rings. The second kappa shape index (κ2) is 6.31. The Morgan fingerprint density at radius 2 is 2.04 bits per heavy atom. The summed E-state index contributed by atoms with van der Waals surface area (Å²) in [5, 5.41) is 11.3. The lowest BCUT2D eigenvalue weighted by molar-refractivity contribution is -0.146. The maximum Gasteiger partial charge on any atom is 0.242 e. The number of sulfonamides is 1. The molecule has 6 heteroatoms. The van der Waals surface area contributed by atoms with Crippen LogP contribution in [0.3, 0.4) is 0 Å². The average Bonchev–Trinajstić information content (AvgIpc) is 3.07. The third-order valence-corrected chi connectivity index (χ3v) is 10.6. The molecule has 6 atom stereocenters. The standard InChI is InChI=1S/C21H35NO4S/c1-7-10-21(24,14(3)8-2)15(4)18(23)22-17-12-16-9-11-20(17,19(16,5)6)13-27(22,25)26/h7,14-17,24H,1,8-13H2,2-6H3/t14-,15-,16?,17?,20?,21-/m0/s1. The molecular formula is C21H35NO4S. The van der Waals surface area contributed by atoms with E-state index in [4.69, 9.17) is 0 Å². The fourth-order valence-corrected chi connectivity index (χ4v) is 8.98. The molecule has 1 N–H and O–H groups in total. The van der Waals surface area contributed by atoms with Crippen molar-refractivity contribution in [1.82, 2.24) is 4.31 Å². The van der Waals surface area contributed by atoms with Gasteiger partial charge in [-0.05, 0) is 42.9 Å². The highest BCUT2D eigenvalue weighted by atomic mass is 32.2. The number of rotatable bonds is 6. The van der Waals surface area contributed by atoms with Crippen LogP contribution in [0.5, 0.6) is 0 Å². The molecule has 1 amide bonds. The van der Waals surface area contributed by atoms with E-state index in [9.17, 15) is 18.3 Å². The molecule has 2 aliphatic carbocycles. The molecule has 3 rings (SSSR count). The molecule has 0 aromatic heterocycles. The highest BCUT2D eigenvalue weighted by Gasteiger charge is 2.72. The first-order valence-corrected chi connectivity index (χ1v) is 11.9. The minimum Gasteiger partial charge on any atom is -0.388 e. The van der Waals surface area contributed by atoms with Gasteiger partial charge in [0.25, 0.3) is 0 Å². The Labute approximate surface area is 164 Å². The van der Waals surface area contributed by atoms with Crippen molar-refractivity contribution < 1.29 is 18.3 Å². The van der Waals surface area contributed by atoms with Gasteiger partial charge in [-0.25, -0.2) is 12.7 Å². The molecule has 3 unspecified atom stereocenters. The highest BCUT2D eigenvalue weighted by Crippen LogP contribution is 2.70. The van der Waals surface area contributed by atoms with Crippen molar-refractivity contribution in [2.24, 2.45) is 28.6 Å². The number of nitrogens with zero attached hydrogens (tertiary/aromatic N) is 1. The number of aliphatic hydroxyl groups is 1. The van der Waals surface area contributed by atoms with Crippen molar-refractivity contribution >= 4 is 15.9 Å². The maximum absolute atomic E-state index is 13.5. The minimum absolute atomic E-state index is 0.0653. The van der Waals surface area contributed by atoms with Crippen molar-refractivity contribution in [3.05, 3.63) is 12.7 Å². The Morgan fingerprint density at radius 1 is 1.41 bits per heavy atom. The van der Waals surface area contributed by atoms with Crippen molar-refractivity contribution in [2.75, 3.05) is 5.75 Å². The van der Waals surface area contributed by atoms with Crippen molar-refractivity contribution in [2.45, 2.75) is 78.4 Å². The first-order chi connectivity index (χ1) is 12.4. The summed E-state index contributed by atoms with van der Waals surface area (Å²) >= 11 is 0. The van der Waals surface area contributed by atoms with Gasteiger partial charge in [0.15, 0.2) is 0 Å². The second-order valence-electron chi connectivity index (χ2n) is 9.77. The number of amides is 1. The van der Waals surface area contributed by atoms with E-state index in [1.165, 1.54) is 4.31 Å². The minimum atomic E-state index is -3.67. The van der Waals surface area contributed by atoms with Crippen LogP contribution in [-0.4, -0.2) is 41.1 Å². The molecule has 154 valence electrons. The number of carbonyl (C=O) groups is 1. The van der Waals surface area contributed by atoms with Gasteiger partial charge in [-0.15, -0.1) is 6.58 Å². The van der Waals surface area contributed by atoms with E-state index in [2.05, 4.69) is 20.4 Å². The molecule has 27 heavy (non-hydrogen) atoms. The largest absolute Gasteiger partial charge is 0.388 e. The zero-order chi connectivity index (χ0) is 20.4. The number of hydrogen-bond donors (Lipinski definition) is 1. The van der Waals surface area contributed by atoms with Crippen LogP contribution in [0, 0.1) is 28.6 Å². The summed E-state index contributed by atoms with van der Waals surface area (Å²) in [6, 6.07) is -0.254. The van der Waals surface area contributed by atoms with Crippen LogP contribution in [0.15, 0.2) is 12.7 Å². The lowest BCUT2D eigenvalue weighted by Gasteiger charge is -2.41. The molecule has 3 aliphatic rings. The van der Waals surface area contributed by atoms with E-state index in [-0.39, 0.29) is 35.0 Å². The molecule has 1 aliphatic heterocycles. The topological polar surface area (TPSA) is 74.7 Å². The quantitative estimate of drug-likeness (QED) is 0.698. The predicted octanol–water partition coefficient (Wildman–Crippen LogP) is 3.34. The summed E-state index contributed by atoms with van der Waals surface area (Å²) in [4.78, 5) is 13.5. The van der Waals surface area contributed by atoms with Crippen LogP contribution in [0.4, 0.5) is 0 Å². The Kier molecular flexibility index (Phi) is 4.87. The second-order valence-corrected chi connectivity index (χ2v) is 11.6. The normalized spacial score (nSPS) is 37.5. The Bertz CT molecular complexity index is 745. The summed E-state index contributed by atoms with van der Waals surface area (Å²) in [5.41, 5.74) is -1.69. The summed E-state index contributed by atoms with van der Waals surface area (Å²) in [6.45, 7) is 13.6. The highest BCUT2D eigenvalue weighted by molar-refractivity contribution is 7.90. The van der Waals surface area contributed by atoms with Gasteiger partial charge in [0, 0.05) is 5.41 Å². The molecule has 0 aromatic carbocycles. The van der Waals surface area contributed by atoms with Gasteiger partial charge in [0.1, 0.15) is 0 Å². The third kappa shape index (κ3) is 2.58. The number of carbonyl (C=O) groups excluding carboxylic acids is 1. The molecule has 5 nitrogen and oxygen atoms in total. The van der Waals surface area contributed by atoms with Crippen molar-refractivity contribution in [3.63, 3.8) is 0 Å². The Hall–Kier alpha value is -0.880. The lowest BCUT2D eigenvalue weighted by Crippen LogP contribution is -2.53. The molecule has 2 bridgehead atoms. The van der Waals surface area contributed by atoms with Gasteiger partial charge in [0.05, 0.1) is 23.3 Å². The van der Waals surface area contributed by atoms with Gasteiger partial charge in [-0.3, -0.25) is 4.79 Å². The average molecular weight is 398 g/mol. The summed E-state index contributed by atoms with van der Waals surface area (Å²) in [7, 11) is -3.67. The van der Waals surface area contributed by atoms with Crippen LogP contribution < -0.4 is 0 Å². The molecule has 1 heterocycles. The number of fused-ring (bicyclic) bond motifs is 1. The first kappa shape index (κ1) is 20.8. The molecule has 1 saturated heterocycles. The molecular weight excluding hydrogens is 362 g/mol. The maximum atomic E-state index is 13.5. The van der Waals surface area contributed by atoms with Gasteiger partial charge in [-0.2, -0.15) is 0 Å². The zero-order valence-corrected chi connectivity index (χ0v) is 18.2. The van der Waals surface area contributed by atoms with E-state index in [1.807, 2.05) is 13.8 Å². The molecule has 0 aromatic rings. The van der Waals surface area contributed by atoms with Gasteiger partial charge >= 0.3 is 0 Å². The first-order valence-electron chi connectivity index (χ1n) is 10.3. The smallest absolute Gasteiger partial charge is 0.242 e. The lowest BCUT2D eigenvalue weighted by atomic mass is 9.68. The molecule has 2 saturated carbocycles. The van der Waals surface area contributed by atoms with Crippen molar-refractivity contribution in [1.29, 1.82) is 0 Å². The third-order valence-electron chi connectivity index (χ3n) is 8.69. The van der Waals surface area contributed by atoms with Crippen LogP contribution in [0.2, 0.25) is 0 Å². The van der Waals surface area contributed by atoms with E-state index in [0.717, 1.165) is 19.3 Å². The predicted molar refractivity (Wildman–Crippen MR) is 106 cm³/mol. The van der Waals surface area contributed by atoms with Gasteiger partial charge in [-0.1, -0.05) is 47.1 Å². The van der Waals surface area contributed by atoms with E-state index >= 15 is 0 Å². The SMILES string of the molecule is C=CC[C@](O)([C@@H](C)CC)[C@@H](C)C(=O)N1C2CC3CCC2(CS1(=O)=O)C3(C)C. The van der Waals surface area contributed by atoms with Gasteiger partial charge < -0.3 is 5.11 Å². The van der Waals surface area contributed by atoms with Crippen LogP contribution in [0.25, 0.3) is 0 Å². The van der Waals surface area contributed by atoms with Gasteiger partial charge in [0.2, 0.25) is 15.9 Å².